The Balaban J connectivity index is 1.56. The second-order valence-corrected chi connectivity index (χ2v) is 7.98. The van der Waals surface area contributed by atoms with Crippen molar-refractivity contribution in [1.29, 1.82) is 0 Å². The molecule has 6 nitrogen and oxygen atoms in total. The van der Waals surface area contributed by atoms with Gasteiger partial charge in [0, 0.05) is 54.1 Å². The van der Waals surface area contributed by atoms with Crippen LogP contribution in [0.25, 0.3) is 22.0 Å². The third-order valence-electron chi connectivity index (χ3n) is 5.43. The van der Waals surface area contributed by atoms with Crippen molar-refractivity contribution in [3.05, 3.63) is 47.4 Å². The van der Waals surface area contributed by atoms with E-state index in [0.717, 1.165) is 48.0 Å². The lowest BCUT2D eigenvalue weighted by molar-refractivity contribution is 0.0897. The number of aromatic amines is 1. The number of likely N-dealkylation sites (tertiary alicyclic amines) is 1. The van der Waals surface area contributed by atoms with Gasteiger partial charge in [0.25, 0.3) is 5.91 Å². The van der Waals surface area contributed by atoms with Crippen molar-refractivity contribution < 1.29 is 4.79 Å². The zero-order valence-electron chi connectivity index (χ0n) is 16.1. The Morgan fingerprint density at radius 2 is 2.11 bits per heavy atom. The number of H-pyrrole nitrogens is 1. The average Bonchev–Trinajstić information content (AvgIpc) is 3.11. The number of fused-ring (bicyclic) bond motifs is 1. The van der Waals surface area contributed by atoms with Crippen LogP contribution in [0.1, 0.15) is 37.2 Å². The van der Waals surface area contributed by atoms with Crippen LogP contribution < -0.4 is 5.32 Å². The molecule has 2 N–H and O–H groups in total. The number of aromatic nitrogens is 3. The smallest absolute Gasteiger partial charge is 0.272 e. The zero-order valence-corrected chi connectivity index (χ0v) is 16.8. The average molecular weight is 398 g/mol. The van der Waals surface area contributed by atoms with Gasteiger partial charge in [0.15, 0.2) is 5.69 Å². The molecule has 3 heterocycles. The van der Waals surface area contributed by atoms with Gasteiger partial charge in [-0.05, 0) is 44.9 Å². The summed E-state index contributed by atoms with van der Waals surface area (Å²) >= 11 is 6.44. The Hall–Kier alpha value is -2.44. The first-order chi connectivity index (χ1) is 13.5. The fourth-order valence-electron chi connectivity index (χ4n) is 3.77. The van der Waals surface area contributed by atoms with Gasteiger partial charge in [0.2, 0.25) is 0 Å². The zero-order chi connectivity index (χ0) is 19.7. The molecule has 1 fully saturated rings. The molecule has 1 aliphatic heterocycles. The van der Waals surface area contributed by atoms with Gasteiger partial charge in [-0.2, -0.15) is 5.10 Å². The number of carbonyl (C=O) groups is 1. The van der Waals surface area contributed by atoms with Gasteiger partial charge >= 0.3 is 0 Å². The molecule has 0 spiro atoms. The number of pyridine rings is 1. The van der Waals surface area contributed by atoms with E-state index in [1.165, 1.54) is 0 Å². The Labute approximate surface area is 169 Å². The highest BCUT2D eigenvalue weighted by atomic mass is 35.5. The van der Waals surface area contributed by atoms with E-state index >= 15 is 0 Å². The number of nitrogens with one attached hydrogen (secondary N) is 2. The molecule has 0 saturated carbocycles. The number of rotatable bonds is 4. The lowest BCUT2D eigenvalue weighted by Crippen LogP contribution is -2.46. The second kappa shape index (κ2) is 7.89. The third kappa shape index (κ3) is 3.75. The number of piperidine rings is 1. The third-order valence-corrected chi connectivity index (χ3v) is 5.75. The molecule has 0 radical (unpaired) electrons. The molecule has 0 aliphatic carbocycles. The van der Waals surface area contributed by atoms with Crippen LogP contribution in [0, 0.1) is 0 Å². The molecule has 4 rings (SSSR count). The van der Waals surface area contributed by atoms with Gasteiger partial charge in [0.1, 0.15) is 0 Å². The molecule has 3 aromatic rings. The lowest BCUT2D eigenvalue weighted by atomic mass is 10.0. The highest BCUT2D eigenvalue weighted by molar-refractivity contribution is 6.34. The monoisotopic (exact) mass is 397 g/mol. The molecule has 1 aromatic carbocycles. The summed E-state index contributed by atoms with van der Waals surface area (Å²) < 4.78 is 0. The van der Waals surface area contributed by atoms with Gasteiger partial charge in [-0.15, -0.1) is 0 Å². The maximum Gasteiger partial charge on any atom is 0.272 e. The van der Waals surface area contributed by atoms with Crippen LogP contribution in [0.4, 0.5) is 0 Å². The van der Waals surface area contributed by atoms with Crippen LogP contribution in [-0.2, 0) is 0 Å². The fourth-order valence-corrected chi connectivity index (χ4v) is 4.04. The molecule has 1 saturated heterocycles. The molecular formula is C21H24ClN5O. The molecule has 0 atom stereocenters. The maximum atomic E-state index is 12.9. The number of hydrogen-bond acceptors (Lipinski definition) is 4. The number of halogens is 1. The summed E-state index contributed by atoms with van der Waals surface area (Å²) in [6, 6.07) is 8.26. The summed E-state index contributed by atoms with van der Waals surface area (Å²) in [5.41, 5.74) is 2.89. The first kappa shape index (κ1) is 18.9. The van der Waals surface area contributed by atoms with Gasteiger partial charge in [0.05, 0.1) is 10.5 Å². The Kier molecular flexibility index (Phi) is 5.33. The standard InChI is InChI=1S/C21H24ClN5O/c1-13(2)27-8-5-15(6-9-27)24-21(28)20-17-10-16(14-4-3-7-23-12-14)18(22)11-19(17)25-26-20/h3-4,7,10-13,15H,5-6,8-9H2,1-2H3,(H,24,28)(H,25,26). The van der Waals surface area contributed by atoms with Crippen molar-refractivity contribution >= 4 is 28.4 Å². The number of carbonyl (C=O) groups excluding carboxylic acids is 1. The summed E-state index contributed by atoms with van der Waals surface area (Å²) in [5.74, 6) is -0.145. The second-order valence-electron chi connectivity index (χ2n) is 7.57. The number of nitrogens with zero attached hydrogens (tertiary/aromatic N) is 3. The minimum Gasteiger partial charge on any atom is -0.348 e. The van der Waals surface area contributed by atoms with Gasteiger partial charge in [-0.1, -0.05) is 17.7 Å². The Bertz CT molecular complexity index is 977. The summed E-state index contributed by atoms with van der Waals surface area (Å²) in [6.07, 6.45) is 5.39. The van der Waals surface area contributed by atoms with Crippen LogP contribution in [0.15, 0.2) is 36.7 Å². The SMILES string of the molecule is CC(C)N1CCC(NC(=O)c2n[nH]c3cc(Cl)c(-c4cccnc4)cc23)CC1. The van der Waals surface area contributed by atoms with Crippen LogP contribution in [0.3, 0.4) is 0 Å². The molecular weight excluding hydrogens is 374 g/mol. The minimum absolute atomic E-state index is 0.145. The summed E-state index contributed by atoms with van der Waals surface area (Å²) in [5, 5.41) is 11.7. The minimum atomic E-state index is -0.145. The summed E-state index contributed by atoms with van der Waals surface area (Å²) in [6.45, 7) is 6.43. The van der Waals surface area contributed by atoms with Crippen LogP contribution >= 0.6 is 11.6 Å². The molecule has 0 bridgehead atoms. The highest BCUT2D eigenvalue weighted by Crippen LogP contribution is 2.32. The summed E-state index contributed by atoms with van der Waals surface area (Å²) in [7, 11) is 0. The lowest BCUT2D eigenvalue weighted by Gasteiger charge is -2.34. The van der Waals surface area contributed by atoms with E-state index in [-0.39, 0.29) is 11.9 Å². The molecule has 7 heteroatoms. The van der Waals surface area contributed by atoms with Crippen LogP contribution in [0.2, 0.25) is 5.02 Å². The van der Waals surface area contributed by atoms with Gasteiger partial charge < -0.3 is 10.2 Å². The van der Waals surface area contributed by atoms with Crippen molar-refractivity contribution in [2.45, 2.75) is 38.8 Å². The number of benzene rings is 1. The van der Waals surface area contributed by atoms with Crippen LogP contribution in [-0.4, -0.2) is 51.2 Å². The van der Waals surface area contributed by atoms with E-state index in [0.29, 0.717) is 16.8 Å². The van der Waals surface area contributed by atoms with Crippen molar-refractivity contribution in [1.82, 2.24) is 25.4 Å². The van der Waals surface area contributed by atoms with Crippen LogP contribution in [0.5, 0.6) is 0 Å². The predicted octanol–water partition coefficient (Wildman–Crippen LogP) is 3.88. The van der Waals surface area contributed by atoms with E-state index in [4.69, 9.17) is 11.6 Å². The van der Waals surface area contributed by atoms with Gasteiger partial charge in [-0.3, -0.25) is 14.9 Å². The van der Waals surface area contributed by atoms with Crippen molar-refractivity contribution in [2.75, 3.05) is 13.1 Å². The molecule has 0 unspecified atom stereocenters. The summed E-state index contributed by atoms with van der Waals surface area (Å²) in [4.78, 5) is 19.5. The topological polar surface area (TPSA) is 73.9 Å². The van der Waals surface area contributed by atoms with Gasteiger partial charge in [-0.25, -0.2) is 0 Å². The Morgan fingerprint density at radius 3 is 2.79 bits per heavy atom. The number of amides is 1. The van der Waals surface area contributed by atoms with Crippen molar-refractivity contribution in [3.8, 4) is 11.1 Å². The van der Waals surface area contributed by atoms with E-state index in [9.17, 15) is 4.79 Å². The first-order valence-corrected chi connectivity index (χ1v) is 10.0. The first-order valence-electron chi connectivity index (χ1n) is 9.66. The normalized spacial score (nSPS) is 16.0. The maximum absolute atomic E-state index is 12.9. The van der Waals surface area contributed by atoms with Crippen molar-refractivity contribution in [3.63, 3.8) is 0 Å². The van der Waals surface area contributed by atoms with Crippen molar-refractivity contribution in [2.24, 2.45) is 0 Å². The highest BCUT2D eigenvalue weighted by Gasteiger charge is 2.24. The number of hydrogen-bond donors (Lipinski definition) is 2. The molecule has 1 aliphatic rings. The fraction of sp³-hybridized carbons (Fsp3) is 0.381. The largest absolute Gasteiger partial charge is 0.348 e. The molecule has 2 aromatic heterocycles. The van der Waals surface area contributed by atoms with E-state index in [1.807, 2.05) is 24.3 Å². The Morgan fingerprint density at radius 1 is 1.32 bits per heavy atom. The van der Waals surface area contributed by atoms with E-state index < -0.39 is 0 Å². The molecule has 146 valence electrons. The quantitative estimate of drug-likeness (QED) is 0.700. The van der Waals surface area contributed by atoms with E-state index in [2.05, 4.69) is 39.2 Å². The molecule has 28 heavy (non-hydrogen) atoms. The molecule has 1 amide bonds. The van der Waals surface area contributed by atoms with E-state index in [1.54, 1.807) is 12.4 Å². The predicted molar refractivity (Wildman–Crippen MR) is 112 cm³/mol.